The number of para-hydroxylation sites is 12. The van der Waals surface area contributed by atoms with Crippen LogP contribution >= 0.6 is 0 Å². The molecule has 0 aliphatic heterocycles. The average Bonchev–Trinajstić information content (AvgIpc) is 1.76. The molecule has 7 heterocycles. The van der Waals surface area contributed by atoms with Crippen LogP contribution in [0.25, 0.3) is 193 Å². The molecule has 0 radical (unpaired) electrons. The Morgan fingerprint density at radius 1 is 0.211 bits per heavy atom. The first-order chi connectivity index (χ1) is 70.3. The molecule has 0 atom stereocenters. The maximum absolute atomic E-state index is 5.83. The third-order valence-corrected chi connectivity index (χ3v) is 28.2. The van der Waals surface area contributed by atoms with Crippen LogP contribution in [0.4, 0.5) is 45.5 Å². The van der Waals surface area contributed by atoms with Crippen molar-refractivity contribution in [2.45, 2.75) is 6.92 Å². The Morgan fingerprint density at radius 2 is 0.430 bits per heavy atom. The molecule has 12 nitrogen and oxygen atoms in total. The summed E-state index contributed by atoms with van der Waals surface area (Å²) in [5.74, 6) is 1.43. The van der Waals surface area contributed by atoms with Crippen molar-refractivity contribution in [2.24, 2.45) is 0 Å². The molecule has 12 heteroatoms. The van der Waals surface area contributed by atoms with Gasteiger partial charge in [0.25, 0.3) is 0 Å². The van der Waals surface area contributed by atoms with Crippen molar-refractivity contribution in [2.75, 3.05) is 14.7 Å². The van der Waals surface area contributed by atoms with Gasteiger partial charge in [-0.05, 0) is 267 Å². The van der Waals surface area contributed by atoms with Gasteiger partial charge in [-0.1, -0.05) is 255 Å². The minimum absolute atomic E-state index is 0.475. The summed E-state index contributed by atoms with van der Waals surface area (Å²) in [6.07, 6.45) is 6.22. The van der Waals surface area contributed by atoms with E-state index in [1.165, 1.54) is 0 Å². The van der Waals surface area contributed by atoms with Crippen LogP contribution in [0.2, 0.25) is 0 Å². The average molecular weight is 1820 g/mol. The summed E-state index contributed by atoms with van der Waals surface area (Å²) in [5.41, 5.74) is 30.6. The van der Waals surface area contributed by atoms with Gasteiger partial charge in [-0.15, -0.1) is 0 Å². The summed E-state index contributed by atoms with van der Waals surface area (Å²) in [7, 11) is 0. The molecule has 0 unspecified atom stereocenters. The molecule has 7 aromatic heterocycles. The third-order valence-electron chi connectivity index (χ3n) is 28.2. The number of anilines is 8. The SMILES string of the molecule is C=C/C=C(\C=C(/C)c1nc(-c2cccc(N(c3ccc4c(c3)c3ccccc3n4-c3ccccc3)c3ccc4c(c3)c3ccccc3n4-c3ccccc3)c2)nc(-c2cccc(N(c3ccc4c(c3)c3ccccc3n4-c3ccccc3)c3ccc4c(c3)c3ccccc3n4-c3ccccc3)c2)n1)N(c1ccc2c(c1)c1ccccc1n2-c1ccccc1)c1ccc2c(c1)c1ccccc1n2-c1ccccc1. The van der Waals surface area contributed by atoms with Crippen LogP contribution < -0.4 is 14.7 Å². The van der Waals surface area contributed by atoms with E-state index in [9.17, 15) is 0 Å². The predicted octanol–water partition coefficient (Wildman–Crippen LogP) is 34.0. The van der Waals surface area contributed by atoms with E-state index in [4.69, 9.17) is 15.0 Å². The lowest BCUT2D eigenvalue weighted by Gasteiger charge is -2.27. The van der Waals surface area contributed by atoms with Crippen molar-refractivity contribution in [3.05, 3.63) is 522 Å². The molecule has 0 amide bonds. The molecule has 20 aromatic carbocycles. The van der Waals surface area contributed by atoms with Gasteiger partial charge in [0.1, 0.15) is 0 Å². The van der Waals surface area contributed by atoms with Crippen LogP contribution in [0.3, 0.4) is 0 Å². The van der Waals surface area contributed by atoms with Gasteiger partial charge in [0.2, 0.25) is 0 Å². The number of hydrogen-bond donors (Lipinski definition) is 0. The van der Waals surface area contributed by atoms with E-state index in [-0.39, 0.29) is 0 Å². The van der Waals surface area contributed by atoms with Crippen molar-refractivity contribution in [3.8, 4) is 56.9 Å². The van der Waals surface area contributed by atoms with Gasteiger partial charge in [-0.25, -0.2) is 15.0 Å². The smallest absolute Gasteiger partial charge is 0.164 e. The molecule has 0 spiro atoms. The summed E-state index contributed by atoms with van der Waals surface area (Å²) in [5, 5.41) is 13.6. The summed E-state index contributed by atoms with van der Waals surface area (Å²) < 4.78 is 14.3. The minimum Gasteiger partial charge on any atom is -0.310 e. The molecule has 0 bridgehead atoms. The monoisotopic (exact) mass is 1820 g/mol. The highest BCUT2D eigenvalue weighted by Gasteiger charge is 2.28. The molecule has 0 saturated heterocycles. The molecule has 0 N–H and O–H groups in total. The van der Waals surface area contributed by atoms with Crippen molar-refractivity contribution in [1.29, 1.82) is 0 Å². The fourth-order valence-electron chi connectivity index (χ4n) is 22.0. The largest absolute Gasteiger partial charge is 0.310 e. The highest BCUT2D eigenvalue weighted by Crippen LogP contribution is 2.49. The number of fused-ring (bicyclic) bond motifs is 18. The van der Waals surface area contributed by atoms with E-state index in [0.717, 1.165) is 233 Å². The molecule has 0 saturated carbocycles. The van der Waals surface area contributed by atoms with Gasteiger partial charge in [0.05, 0.1) is 66.2 Å². The van der Waals surface area contributed by atoms with Crippen molar-refractivity contribution < 1.29 is 0 Å². The van der Waals surface area contributed by atoms with Crippen LogP contribution in [0.5, 0.6) is 0 Å². The molecule has 668 valence electrons. The van der Waals surface area contributed by atoms with Gasteiger partial charge in [0.15, 0.2) is 17.5 Å². The van der Waals surface area contributed by atoms with E-state index >= 15 is 0 Å². The molecular weight excluding hydrogens is 1730 g/mol. The van der Waals surface area contributed by atoms with E-state index in [0.29, 0.717) is 17.5 Å². The zero-order chi connectivity index (χ0) is 94.0. The standard InChI is InChI=1S/C130H88N12/c1-3-36-95(134(98-65-71-122-110(80-98)104-53-22-28-59-116(104)137(122)89-39-10-4-11-40-89)99-66-72-123-111(81-99)105-54-23-29-60-117(105)138(123)90-41-12-5-13-42-90)77-86(2)128-131-129(87-37-34-51-96(78-87)135(100-67-73-124-112(82-100)106-55-24-30-61-118(106)139(124)91-43-14-6-15-44-91)101-68-74-125-113(83-101)107-56-25-31-62-119(107)140(125)92-45-16-7-17-46-92)133-130(132-128)88-38-35-52-97(79-88)136(102-69-75-126-114(84-102)108-57-26-32-63-120(108)141(126)93-47-18-8-19-48-93)103-70-76-127-115(85-103)109-58-27-33-64-121(109)142(127)94-49-20-9-21-50-94/h3-85H,1H2,2H3/b86-77+,95-36+. The highest BCUT2D eigenvalue weighted by atomic mass is 15.2. The lowest BCUT2D eigenvalue weighted by molar-refractivity contribution is 1.03. The molecule has 0 aliphatic carbocycles. The summed E-state index contributed by atoms with van der Waals surface area (Å²) in [6.45, 7) is 6.65. The molecule has 0 aliphatic rings. The zero-order valence-electron chi connectivity index (χ0n) is 77.5. The van der Waals surface area contributed by atoms with Gasteiger partial charge in [-0.3, -0.25) is 0 Å². The summed E-state index contributed by atoms with van der Waals surface area (Å²) in [6, 6.07) is 176. The number of allylic oxidation sites excluding steroid dienone is 4. The summed E-state index contributed by atoms with van der Waals surface area (Å²) >= 11 is 0. The van der Waals surface area contributed by atoms with E-state index in [1.807, 2.05) is 6.08 Å². The Bertz CT molecular complexity index is 8930. The Morgan fingerprint density at radius 3 is 0.683 bits per heavy atom. The van der Waals surface area contributed by atoms with Gasteiger partial charge in [0, 0.05) is 161 Å². The number of hydrogen-bond acceptors (Lipinski definition) is 6. The maximum Gasteiger partial charge on any atom is 0.164 e. The minimum atomic E-state index is 0.475. The molecule has 0 fully saturated rings. The lowest BCUT2D eigenvalue weighted by Crippen LogP contribution is -2.16. The second-order valence-corrected chi connectivity index (χ2v) is 36.4. The van der Waals surface area contributed by atoms with Crippen molar-refractivity contribution >= 4 is 182 Å². The normalized spacial score (nSPS) is 12.1. The molecule has 142 heavy (non-hydrogen) atoms. The number of aromatic nitrogens is 9. The van der Waals surface area contributed by atoms with Crippen molar-refractivity contribution in [1.82, 2.24) is 42.4 Å². The second kappa shape index (κ2) is 34.0. The van der Waals surface area contributed by atoms with Crippen LogP contribution in [-0.4, -0.2) is 42.4 Å². The fraction of sp³-hybridized carbons (Fsp3) is 0.00769. The summed E-state index contributed by atoms with van der Waals surface area (Å²) in [4.78, 5) is 24.6. The van der Waals surface area contributed by atoms with Gasteiger partial charge in [-0.2, -0.15) is 0 Å². The number of benzene rings is 20. The molecule has 27 rings (SSSR count). The Kier molecular flexibility index (Phi) is 19.7. The van der Waals surface area contributed by atoms with Gasteiger partial charge >= 0.3 is 0 Å². The topological polar surface area (TPSA) is 78.0 Å². The third kappa shape index (κ3) is 13.7. The number of rotatable bonds is 20. The second-order valence-electron chi connectivity index (χ2n) is 36.4. The fourth-order valence-corrected chi connectivity index (χ4v) is 22.0. The maximum atomic E-state index is 5.83. The van der Waals surface area contributed by atoms with Crippen LogP contribution in [0.15, 0.2) is 516 Å². The van der Waals surface area contributed by atoms with Crippen LogP contribution in [0, 0.1) is 0 Å². The molecular formula is C130H88N12. The predicted molar refractivity (Wildman–Crippen MR) is 593 cm³/mol. The Labute approximate surface area is 818 Å². The van der Waals surface area contributed by atoms with E-state index in [2.05, 4.69) is 553 Å². The lowest BCUT2D eigenvalue weighted by atomic mass is 10.1. The highest BCUT2D eigenvalue weighted by molar-refractivity contribution is 6.17. The molecule has 27 aromatic rings. The van der Waals surface area contributed by atoms with Crippen LogP contribution in [-0.2, 0) is 0 Å². The Balaban J connectivity index is 0.679. The first-order valence-electron chi connectivity index (χ1n) is 48.2. The first kappa shape index (κ1) is 82.3. The van der Waals surface area contributed by atoms with Gasteiger partial charge < -0.3 is 42.1 Å². The van der Waals surface area contributed by atoms with Crippen molar-refractivity contribution in [3.63, 3.8) is 0 Å². The van der Waals surface area contributed by atoms with E-state index < -0.39 is 0 Å². The zero-order valence-corrected chi connectivity index (χ0v) is 77.5. The number of nitrogens with zero attached hydrogens (tertiary/aromatic N) is 12. The quantitative estimate of drug-likeness (QED) is 0.0708. The first-order valence-corrected chi connectivity index (χ1v) is 48.2. The van der Waals surface area contributed by atoms with Crippen LogP contribution in [0.1, 0.15) is 12.7 Å². The van der Waals surface area contributed by atoms with E-state index in [1.54, 1.807) is 0 Å². The Hall–Kier alpha value is -19.2.